The van der Waals surface area contributed by atoms with Crippen molar-refractivity contribution in [3.63, 3.8) is 0 Å². The third kappa shape index (κ3) is 3.94. The van der Waals surface area contributed by atoms with E-state index in [1.165, 1.54) is 35.1 Å². The molecule has 1 aromatic rings. The molecule has 9 heteroatoms. The lowest BCUT2D eigenvalue weighted by atomic mass is 10.3. The lowest BCUT2D eigenvalue weighted by Gasteiger charge is -2.12. The van der Waals surface area contributed by atoms with Crippen LogP contribution in [0.4, 0.5) is 5.13 Å². The van der Waals surface area contributed by atoms with E-state index in [4.69, 9.17) is 0 Å². The fraction of sp³-hybridized carbons (Fsp3) is 0.455. The van der Waals surface area contributed by atoms with Gasteiger partial charge in [0, 0.05) is 5.38 Å². The molecule has 0 atom stereocenters. The Morgan fingerprint density at radius 1 is 1.55 bits per heavy atom. The van der Waals surface area contributed by atoms with Crippen molar-refractivity contribution in [1.82, 2.24) is 9.88 Å². The van der Waals surface area contributed by atoms with Crippen molar-refractivity contribution in [1.29, 1.82) is 0 Å². The van der Waals surface area contributed by atoms with Crippen molar-refractivity contribution in [2.75, 3.05) is 30.6 Å². The highest BCUT2D eigenvalue weighted by molar-refractivity contribution is 8.00. The zero-order valence-electron chi connectivity index (χ0n) is 10.7. The van der Waals surface area contributed by atoms with E-state index in [-0.39, 0.29) is 30.7 Å². The van der Waals surface area contributed by atoms with Crippen LogP contribution in [0.15, 0.2) is 5.38 Å². The number of nitrogens with one attached hydrogen (secondary N) is 1. The van der Waals surface area contributed by atoms with Crippen LogP contribution in [0.3, 0.4) is 0 Å². The second kappa shape index (κ2) is 6.71. The number of anilines is 1. The van der Waals surface area contributed by atoms with Crippen molar-refractivity contribution < 1.29 is 19.1 Å². The molecule has 7 nitrogen and oxygen atoms in total. The van der Waals surface area contributed by atoms with Gasteiger partial charge in [-0.25, -0.2) is 4.98 Å². The molecule has 0 bridgehead atoms. The van der Waals surface area contributed by atoms with Gasteiger partial charge in [-0.1, -0.05) is 0 Å². The molecule has 0 aromatic carbocycles. The van der Waals surface area contributed by atoms with Gasteiger partial charge in [0.2, 0.25) is 11.8 Å². The summed E-state index contributed by atoms with van der Waals surface area (Å²) in [7, 11) is 1.31. The molecule has 1 aliphatic rings. The van der Waals surface area contributed by atoms with Gasteiger partial charge in [-0.05, 0) is 0 Å². The standard InChI is InChI=1S/C11H13N3O4S2/c1-18-10(17)2-7-4-20-11(12-7)13-8(15)3-14-6-19-5-9(14)16/h4H,2-3,5-6H2,1H3,(H,12,13,15). The van der Waals surface area contributed by atoms with Crippen molar-refractivity contribution in [2.45, 2.75) is 6.42 Å². The fourth-order valence-electron chi connectivity index (χ4n) is 1.54. The van der Waals surface area contributed by atoms with Crippen molar-refractivity contribution in [2.24, 2.45) is 0 Å². The summed E-state index contributed by atoms with van der Waals surface area (Å²) in [5.41, 5.74) is 0.546. The Bertz CT molecular complexity index is 531. The Kier molecular flexibility index (Phi) is 4.96. The van der Waals surface area contributed by atoms with Crippen molar-refractivity contribution in [3.05, 3.63) is 11.1 Å². The first-order valence-corrected chi connectivity index (χ1v) is 7.78. The molecule has 0 saturated carbocycles. The number of methoxy groups -OCH3 is 1. The average molecular weight is 315 g/mol. The van der Waals surface area contributed by atoms with Gasteiger partial charge >= 0.3 is 5.97 Å². The van der Waals surface area contributed by atoms with Gasteiger partial charge in [-0.15, -0.1) is 23.1 Å². The highest BCUT2D eigenvalue weighted by atomic mass is 32.2. The highest BCUT2D eigenvalue weighted by Gasteiger charge is 2.23. The number of hydrogen-bond donors (Lipinski definition) is 1. The maximum absolute atomic E-state index is 11.8. The minimum atomic E-state index is -0.382. The van der Waals surface area contributed by atoms with E-state index in [2.05, 4.69) is 15.0 Å². The molecular weight excluding hydrogens is 302 g/mol. The first-order valence-electron chi connectivity index (χ1n) is 5.75. The average Bonchev–Trinajstić information content (AvgIpc) is 3.00. The van der Waals surface area contributed by atoms with Crippen LogP contribution in [0, 0.1) is 0 Å². The molecule has 0 radical (unpaired) electrons. The molecule has 1 N–H and O–H groups in total. The van der Waals surface area contributed by atoms with Gasteiger partial charge in [-0.2, -0.15) is 0 Å². The number of thioether (sulfide) groups is 1. The normalized spacial score (nSPS) is 14.4. The van der Waals surface area contributed by atoms with Crippen LogP contribution in [0.25, 0.3) is 0 Å². The molecule has 2 heterocycles. The first kappa shape index (κ1) is 14.8. The van der Waals surface area contributed by atoms with Crippen LogP contribution in [-0.4, -0.2) is 53.0 Å². The number of carbonyl (C=O) groups excluding carboxylic acids is 3. The fourth-order valence-corrected chi connectivity index (χ4v) is 3.17. The van der Waals surface area contributed by atoms with Crippen LogP contribution in [0.2, 0.25) is 0 Å². The summed E-state index contributed by atoms with van der Waals surface area (Å²) in [4.78, 5) is 39.8. The van der Waals surface area contributed by atoms with Gasteiger partial charge in [0.1, 0.15) is 6.54 Å². The maximum atomic E-state index is 11.8. The molecule has 108 valence electrons. The van der Waals surface area contributed by atoms with Crippen molar-refractivity contribution >= 4 is 46.0 Å². The molecule has 2 amide bonds. The highest BCUT2D eigenvalue weighted by Crippen LogP contribution is 2.17. The predicted octanol–water partition coefficient (Wildman–Crippen LogP) is 0.330. The SMILES string of the molecule is COC(=O)Cc1csc(NC(=O)CN2CSCC2=O)n1. The van der Waals surface area contributed by atoms with Crippen LogP contribution < -0.4 is 5.32 Å². The quantitative estimate of drug-likeness (QED) is 0.788. The molecule has 0 aliphatic carbocycles. The number of aromatic nitrogens is 1. The van der Waals surface area contributed by atoms with Gasteiger partial charge in [0.25, 0.3) is 0 Å². The zero-order chi connectivity index (χ0) is 14.5. The van der Waals surface area contributed by atoms with Crippen LogP contribution >= 0.6 is 23.1 Å². The Hall–Kier alpha value is -1.61. The van der Waals surface area contributed by atoms with Crippen LogP contribution in [-0.2, 0) is 25.5 Å². The summed E-state index contributed by atoms with van der Waals surface area (Å²) < 4.78 is 4.54. The molecule has 0 spiro atoms. The smallest absolute Gasteiger partial charge is 0.311 e. The van der Waals surface area contributed by atoms with Gasteiger partial charge in [0.05, 0.1) is 30.9 Å². The number of thiazole rings is 1. The predicted molar refractivity (Wildman–Crippen MR) is 75.5 cm³/mol. The number of hydrogen-bond acceptors (Lipinski definition) is 7. The number of esters is 1. The van der Waals surface area contributed by atoms with E-state index in [1.54, 1.807) is 5.38 Å². The Morgan fingerprint density at radius 2 is 2.35 bits per heavy atom. The van der Waals surface area contributed by atoms with E-state index in [0.717, 1.165) is 0 Å². The summed E-state index contributed by atoms with van der Waals surface area (Å²) in [6, 6.07) is 0. The molecule has 1 saturated heterocycles. The third-order valence-corrected chi connectivity index (χ3v) is 4.26. The molecule has 1 aromatic heterocycles. The van der Waals surface area contributed by atoms with E-state index in [0.29, 0.717) is 22.5 Å². The molecule has 20 heavy (non-hydrogen) atoms. The van der Waals surface area contributed by atoms with E-state index >= 15 is 0 Å². The van der Waals surface area contributed by atoms with Gasteiger partial charge in [0.15, 0.2) is 5.13 Å². The second-order valence-electron chi connectivity index (χ2n) is 4.01. The van der Waals surface area contributed by atoms with Crippen LogP contribution in [0.5, 0.6) is 0 Å². The van der Waals surface area contributed by atoms with E-state index in [1.807, 2.05) is 0 Å². The number of carbonyl (C=O) groups is 3. The van der Waals surface area contributed by atoms with E-state index in [9.17, 15) is 14.4 Å². The van der Waals surface area contributed by atoms with Crippen molar-refractivity contribution in [3.8, 4) is 0 Å². The van der Waals surface area contributed by atoms with Gasteiger partial charge in [-0.3, -0.25) is 14.4 Å². The maximum Gasteiger partial charge on any atom is 0.311 e. The van der Waals surface area contributed by atoms with Crippen LogP contribution in [0.1, 0.15) is 5.69 Å². The largest absolute Gasteiger partial charge is 0.469 e. The molecule has 0 unspecified atom stereocenters. The first-order chi connectivity index (χ1) is 9.58. The molecule has 2 rings (SSSR count). The summed E-state index contributed by atoms with van der Waals surface area (Å²) in [6.45, 7) is 0.0255. The lowest BCUT2D eigenvalue weighted by Crippen LogP contribution is -2.34. The summed E-state index contributed by atoms with van der Waals surface area (Å²) >= 11 is 2.71. The Labute approximate surface area is 123 Å². The number of rotatable bonds is 5. The Morgan fingerprint density at radius 3 is 3.00 bits per heavy atom. The van der Waals surface area contributed by atoms with E-state index < -0.39 is 0 Å². The monoisotopic (exact) mass is 315 g/mol. The topological polar surface area (TPSA) is 88.6 Å². The zero-order valence-corrected chi connectivity index (χ0v) is 12.4. The lowest BCUT2D eigenvalue weighted by molar-refractivity contribution is -0.139. The Balaban J connectivity index is 1.85. The summed E-state index contributed by atoms with van der Waals surface area (Å²) in [5, 5.41) is 4.71. The third-order valence-electron chi connectivity index (χ3n) is 2.51. The minimum absolute atomic E-state index is 0.0255. The second-order valence-corrected chi connectivity index (χ2v) is 5.83. The summed E-state index contributed by atoms with van der Waals surface area (Å²) in [6.07, 6.45) is 0.0735. The number of ether oxygens (including phenoxy) is 1. The van der Waals surface area contributed by atoms with Gasteiger partial charge < -0.3 is 15.0 Å². The number of nitrogens with zero attached hydrogens (tertiary/aromatic N) is 2. The number of amides is 2. The molecule has 1 aliphatic heterocycles. The molecule has 1 fully saturated rings. The summed E-state index contributed by atoms with van der Waals surface area (Å²) in [5.74, 6) is 0.259. The minimum Gasteiger partial charge on any atom is -0.469 e. The molecular formula is C11H13N3O4S2.